The number of hydrogen-bond donors (Lipinski definition) is 0. The van der Waals surface area contributed by atoms with Gasteiger partial charge in [0.2, 0.25) is 5.91 Å². The van der Waals surface area contributed by atoms with E-state index in [1.165, 1.54) is 6.42 Å². The molecular formula is C8H15NO. The molecule has 1 heterocycles. The predicted molar refractivity (Wildman–Crippen MR) is 40.6 cm³/mol. The van der Waals surface area contributed by atoms with Gasteiger partial charge >= 0.3 is 0 Å². The van der Waals surface area contributed by atoms with Gasteiger partial charge in [0, 0.05) is 19.5 Å². The molecule has 1 aliphatic rings. The minimum absolute atomic E-state index is 0.220. The number of likely N-dealkylation sites (tertiary alicyclic amines) is 1. The lowest BCUT2D eigenvalue weighted by Crippen LogP contribution is -2.56. The van der Waals surface area contributed by atoms with E-state index in [0.717, 1.165) is 12.5 Å². The number of nitrogens with zero attached hydrogens (tertiary/aromatic N) is 1. The molecule has 2 heteroatoms. The monoisotopic (exact) mass is 141 g/mol. The first-order valence-corrected chi connectivity index (χ1v) is 3.94. The van der Waals surface area contributed by atoms with Crippen LogP contribution in [0.25, 0.3) is 0 Å². The van der Waals surface area contributed by atoms with Gasteiger partial charge in [-0.2, -0.15) is 0 Å². The highest BCUT2D eigenvalue weighted by molar-refractivity contribution is 5.74. The zero-order valence-electron chi connectivity index (χ0n) is 6.92. The van der Waals surface area contributed by atoms with Crippen molar-refractivity contribution in [1.29, 1.82) is 0 Å². The quantitative estimate of drug-likeness (QED) is 0.538. The van der Waals surface area contributed by atoms with Crippen molar-refractivity contribution in [3.8, 4) is 0 Å². The summed E-state index contributed by atoms with van der Waals surface area (Å²) in [6, 6.07) is 0.488. The largest absolute Gasteiger partial charge is 0.340 e. The van der Waals surface area contributed by atoms with Crippen molar-refractivity contribution >= 4 is 5.91 Å². The van der Waals surface area contributed by atoms with Gasteiger partial charge < -0.3 is 4.90 Å². The highest BCUT2D eigenvalue weighted by atomic mass is 16.2. The number of amides is 1. The molecule has 10 heavy (non-hydrogen) atoms. The number of rotatable bonds is 1. The molecule has 0 aromatic heterocycles. The lowest BCUT2D eigenvalue weighted by Gasteiger charge is -2.45. The number of carbonyl (C=O) groups excluding carboxylic acids is 1. The van der Waals surface area contributed by atoms with Crippen LogP contribution in [-0.2, 0) is 4.79 Å². The maximum atomic E-state index is 10.8. The molecule has 2 nitrogen and oxygen atoms in total. The van der Waals surface area contributed by atoms with Gasteiger partial charge in [-0.25, -0.2) is 0 Å². The van der Waals surface area contributed by atoms with Crippen molar-refractivity contribution in [2.24, 2.45) is 5.92 Å². The summed E-state index contributed by atoms with van der Waals surface area (Å²) in [5.41, 5.74) is 0. The Bertz CT molecular complexity index is 144. The van der Waals surface area contributed by atoms with Crippen molar-refractivity contribution in [2.75, 3.05) is 6.54 Å². The molecule has 58 valence electrons. The molecule has 0 aliphatic carbocycles. The first-order valence-electron chi connectivity index (χ1n) is 3.94. The summed E-state index contributed by atoms with van der Waals surface area (Å²) in [6.07, 6.45) is 1.20. The molecule has 0 aromatic carbocycles. The molecule has 1 rings (SSSR count). The van der Waals surface area contributed by atoms with E-state index in [2.05, 4.69) is 13.8 Å². The fourth-order valence-corrected chi connectivity index (χ4v) is 1.57. The maximum absolute atomic E-state index is 10.8. The normalized spacial score (nSPS) is 31.7. The topological polar surface area (TPSA) is 20.3 Å². The van der Waals surface area contributed by atoms with Crippen LogP contribution in [0.15, 0.2) is 0 Å². The van der Waals surface area contributed by atoms with Gasteiger partial charge in [0.15, 0.2) is 0 Å². The van der Waals surface area contributed by atoms with Gasteiger partial charge in [0.05, 0.1) is 0 Å². The first kappa shape index (κ1) is 7.58. The van der Waals surface area contributed by atoms with Crippen molar-refractivity contribution in [2.45, 2.75) is 33.2 Å². The summed E-state index contributed by atoms with van der Waals surface area (Å²) in [4.78, 5) is 12.7. The van der Waals surface area contributed by atoms with Crippen LogP contribution in [0.4, 0.5) is 0 Å². The third-order valence-electron chi connectivity index (χ3n) is 2.53. The Morgan fingerprint density at radius 2 is 2.30 bits per heavy atom. The standard InChI is InChI=1S/C8H15NO/c1-4-8-5-9(6(8)2)7(3)10/h6,8H,4-5H2,1-3H3/t6-,8?/m1/s1. The third-order valence-corrected chi connectivity index (χ3v) is 2.53. The predicted octanol–water partition coefficient (Wildman–Crippen LogP) is 1.26. The molecule has 1 fully saturated rings. The van der Waals surface area contributed by atoms with Crippen molar-refractivity contribution < 1.29 is 4.79 Å². The summed E-state index contributed by atoms with van der Waals surface area (Å²) in [5, 5.41) is 0. The Balaban J connectivity index is 2.39. The molecule has 1 saturated heterocycles. The van der Waals surface area contributed by atoms with E-state index >= 15 is 0 Å². The van der Waals surface area contributed by atoms with E-state index in [1.54, 1.807) is 6.92 Å². The van der Waals surface area contributed by atoms with Gasteiger partial charge in [0.1, 0.15) is 0 Å². The van der Waals surface area contributed by atoms with Crippen molar-refractivity contribution in [3.63, 3.8) is 0 Å². The Morgan fingerprint density at radius 3 is 2.60 bits per heavy atom. The molecule has 1 unspecified atom stereocenters. The highest BCUT2D eigenvalue weighted by Gasteiger charge is 2.35. The van der Waals surface area contributed by atoms with E-state index < -0.39 is 0 Å². The molecule has 0 N–H and O–H groups in total. The van der Waals surface area contributed by atoms with Crippen LogP contribution < -0.4 is 0 Å². The molecule has 0 radical (unpaired) electrons. The van der Waals surface area contributed by atoms with Crippen LogP contribution >= 0.6 is 0 Å². The van der Waals surface area contributed by atoms with Crippen LogP contribution in [0.5, 0.6) is 0 Å². The fourth-order valence-electron chi connectivity index (χ4n) is 1.57. The number of hydrogen-bond acceptors (Lipinski definition) is 1. The smallest absolute Gasteiger partial charge is 0.219 e. The fraction of sp³-hybridized carbons (Fsp3) is 0.875. The number of carbonyl (C=O) groups is 1. The Morgan fingerprint density at radius 1 is 1.70 bits per heavy atom. The molecular weight excluding hydrogens is 126 g/mol. The van der Waals surface area contributed by atoms with Crippen molar-refractivity contribution in [1.82, 2.24) is 4.90 Å². The Kier molecular flexibility index (Phi) is 1.97. The van der Waals surface area contributed by atoms with Crippen LogP contribution in [0.2, 0.25) is 0 Å². The van der Waals surface area contributed by atoms with Gasteiger partial charge in [-0.15, -0.1) is 0 Å². The van der Waals surface area contributed by atoms with E-state index in [4.69, 9.17) is 0 Å². The van der Waals surface area contributed by atoms with Crippen LogP contribution in [0.1, 0.15) is 27.2 Å². The summed E-state index contributed by atoms with van der Waals surface area (Å²) < 4.78 is 0. The average molecular weight is 141 g/mol. The molecule has 0 spiro atoms. The maximum Gasteiger partial charge on any atom is 0.219 e. The average Bonchev–Trinajstić information content (AvgIpc) is 1.85. The van der Waals surface area contributed by atoms with Crippen LogP contribution in [0, 0.1) is 5.92 Å². The van der Waals surface area contributed by atoms with E-state index in [1.807, 2.05) is 4.90 Å². The minimum Gasteiger partial charge on any atom is -0.340 e. The third kappa shape index (κ3) is 1.02. The Hall–Kier alpha value is -0.530. The Labute approximate surface area is 62.2 Å². The lowest BCUT2D eigenvalue weighted by atomic mass is 9.88. The second kappa shape index (κ2) is 2.60. The van der Waals surface area contributed by atoms with Gasteiger partial charge in [-0.05, 0) is 19.3 Å². The molecule has 1 aliphatic heterocycles. The van der Waals surface area contributed by atoms with Gasteiger partial charge in [-0.3, -0.25) is 4.79 Å². The lowest BCUT2D eigenvalue weighted by molar-refractivity contribution is -0.140. The zero-order valence-corrected chi connectivity index (χ0v) is 6.92. The summed E-state index contributed by atoms with van der Waals surface area (Å²) >= 11 is 0. The summed E-state index contributed by atoms with van der Waals surface area (Å²) in [5.74, 6) is 0.973. The zero-order chi connectivity index (χ0) is 7.72. The molecule has 0 bridgehead atoms. The van der Waals surface area contributed by atoms with Crippen molar-refractivity contribution in [3.05, 3.63) is 0 Å². The molecule has 0 saturated carbocycles. The molecule has 2 atom stereocenters. The van der Waals surface area contributed by atoms with Crippen LogP contribution in [-0.4, -0.2) is 23.4 Å². The van der Waals surface area contributed by atoms with E-state index in [9.17, 15) is 4.79 Å². The van der Waals surface area contributed by atoms with Crippen LogP contribution in [0.3, 0.4) is 0 Å². The van der Waals surface area contributed by atoms with E-state index in [0.29, 0.717) is 6.04 Å². The second-order valence-electron chi connectivity index (χ2n) is 3.08. The highest BCUT2D eigenvalue weighted by Crippen LogP contribution is 2.26. The first-order chi connectivity index (χ1) is 4.66. The molecule has 1 amide bonds. The summed E-state index contributed by atoms with van der Waals surface area (Å²) in [6.45, 7) is 6.92. The van der Waals surface area contributed by atoms with E-state index in [-0.39, 0.29) is 5.91 Å². The summed E-state index contributed by atoms with van der Waals surface area (Å²) in [7, 11) is 0. The van der Waals surface area contributed by atoms with Gasteiger partial charge in [0.25, 0.3) is 0 Å². The molecule has 0 aromatic rings. The second-order valence-corrected chi connectivity index (χ2v) is 3.08. The minimum atomic E-state index is 0.220. The SMILES string of the molecule is CCC1CN(C(C)=O)[C@@H]1C. The van der Waals surface area contributed by atoms with Gasteiger partial charge in [-0.1, -0.05) is 6.92 Å².